The number of aliphatic hydroxyl groups is 1. The molecular formula is C13H17N3O. The van der Waals surface area contributed by atoms with E-state index in [-0.39, 0.29) is 6.61 Å². The third-order valence-corrected chi connectivity index (χ3v) is 2.80. The normalized spacial score (nSPS) is 10.5. The van der Waals surface area contributed by atoms with Crippen LogP contribution in [-0.4, -0.2) is 10.1 Å². The molecule has 2 aromatic rings. The van der Waals surface area contributed by atoms with Gasteiger partial charge in [0.2, 0.25) is 0 Å². The summed E-state index contributed by atoms with van der Waals surface area (Å²) in [5, 5.41) is 12.5. The summed E-state index contributed by atoms with van der Waals surface area (Å²) in [5.41, 5.74) is 10.6. The van der Waals surface area contributed by atoms with E-state index in [0.717, 1.165) is 28.2 Å². The fourth-order valence-electron chi connectivity index (χ4n) is 1.75. The zero-order valence-electron chi connectivity index (χ0n) is 9.83. The first-order valence-corrected chi connectivity index (χ1v) is 5.58. The first-order chi connectivity index (χ1) is 8.24. The molecule has 4 heteroatoms. The van der Waals surface area contributed by atoms with Gasteiger partial charge in [-0.2, -0.15) is 0 Å². The lowest BCUT2D eigenvalue weighted by Gasteiger charge is -2.12. The van der Waals surface area contributed by atoms with Gasteiger partial charge in [0.1, 0.15) is 0 Å². The Hall–Kier alpha value is -1.78. The minimum atomic E-state index is 0.0334. The zero-order valence-corrected chi connectivity index (χ0v) is 9.83. The number of anilines is 2. The van der Waals surface area contributed by atoms with E-state index >= 15 is 0 Å². The zero-order chi connectivity index (χ0) is 12.3. The van der Waals surface area contributed by atoms with Crippen molar-refractivity contribution in [3.8, 4) is 0 Å². The van der Waals surface area contributed by atoms with Crippen molar-refractivity contribution in [2.75, 3.05) is 5.32 Å². The smallest absolute Gasteiger partial charge is 0.0682 e. The summed E-state index contributed by atoms with van der Waals surface area (Å²) in [6.45, 7) is 2.50. The average Bonchev–Trinajstić information content (AvgIpc) is 2.75. The second-order valence-electron chi connectivity index (χ2n) is 4.00. The standard InChI is InChI=1S/C13H17N3O/c1-9-12(4-5-15-9)16-13-6-10(8-17)2-3-11(13)7-14/h2-6,15-17H,7-8,14H2,1H3. The maximum atomic E-state index is 9.14. The highest BCUT2D eigenvalue weighted by Gasteiger charge is 2.05. The number of H-pyrrole nitrogens is 1. The highest BCUT2D eigenvalue weighted by molar-refractivity contribution is 5.65. The lowest BCUT2D eigenvalue weighted by Crippen LogP contribution is -2.03. The van der Waals surface area contributed by atoms with Crippen LogP contribution < -0.4 is 11.1 Å². The predicted octanol–water partition coefficient (Wildman–Crippen LogP) is 2.02. The summed E-state index contributed by atoms with van der Waals surface area (Å²) in [6.07, 6.45) is 1.88. The topological polar surface area (TPSA) is 74.1 Å². The van der Waals surface area contributed by atoms with Crippen LogP contribution in [0.25, 0.3) is 0 Å². The van der Waals surface area contributed by atoms with Crippen LogP contribution in [-0.2, 0) is 13.2 Å². The molecule has 0 saturated heterocycles. The van der Waals surface area contributed by atoms with Crippen LogP contribution in [0, 0.1) is 6.92 Å². The third kappa shape index (κ3) is 2.49. The SMILES string of the molecule is Cc1[nH]ccc1Nc1cc(CO)ccc1CN. The largest absolute Gasteiger partial charge is 0.392 e. The van der Waals surface area contributed by atoms with Crippen molar-refractivity contribution in [2.45, 2.75) is 20.1 Å². The van der Waals surface area contributed by atoms with Crippen LogP contribution >= 0.6 is 0 Å². The minimum Gasteiger partial charge on any atom is -0.392 e. The van der Waals surface area contributed by atoms with Gasteiger partial charge < -0.3 is 21.1 Å². The number of aromatic amines is 1. The van der Waals surface area contributed by atoms with Gasteiger partial charge in [-0.05, 0) is 30.2 Å². The molecule has 0 unspecified atom stereocenters. The van der Waals surface area contributed by atoms with Crippen LogP contribution in [0.2, 0.25) is 0 Å². The Balaban J connectivity index is 2.33. The lowest BCUT2D eigenvalue weighted by molar-refractivity contribution is 0.282. The molecule has 0 fully saturated rings. The van der Waals surface area contributed by atoms with Crippen LogP contribution in [0.15, 0.2) is 30.5 Å². The van der Waals surface area contributed by atoms with Gasteiger partial charge in [0.25, 0.3) is 0 Å². The molecule has 1 heterocycles. The number of nitrogens with two attached hydrogens (primary N) is 1. The van der Waals surface area contributed by atoms with Crippen LogP contribution in [0.3, 0.4) is 0 Å². The lowest BCUT2D eigenvalue weighted by atomic mass is 10.1. The molecule has 0 aliphatic carbocycles. The van der Waals surface area contributed by atoms with E-state index in [1.165, 1.54) is 0 Å². The van der Waals surface area contributed by atoms with Crippen LogP contribution in [0.5, 0.6) is 0 Å². The molecule has 0 atom stereocenters. The van der Waals surface area contributed by atoms with E-state index in [1.807, 2.05) is 37.4 Å². The fraction of sp³-hybridized carbons (Fsp3) is 0.231. The summed E-state index contributed by atoms with van der Waals surface area (Å²) >= 11 is 0. The molecule has 2 rings (SSSR count). The molecule has 17 heavy (non-hydrogen) atoms. The minimum absolute atomic E-state index is 0.0334. The van der Waals surface area contributed by atoms with Gasteiger partial charge in [-0.3, -0.25) is 0 Å². The summed E-state index contributed by atoms with van der Waals surface area (Å²) in [5.74, 6) is 0. The summed E-state index contributed by atoms with van der Waals surface area (Å²) in [7, 11) is 0. The Kier molecular flexibility index (Phi) is 3.46. The quantitative estimate of drug-likeness (QED) is 0.650. The van der Waals surface area contributed by atoms with Gasteiger partial charge in [-0.1, -0.05) is 12.1 Å². The average molecular weight is 231 g/mol. The van der Waals surface area contributed by atoms with Gasteiger partial charge in [0, 0.05) is 24.1 Å². The Labute approximate surface area is 100 Å². The molecule has 0 amide bonds. The second-order valence-corrected chi connectivity index (χ2v) is 4.00. The Bertz CT molecular complexity index is 505. The Morgan fingerprint density at radius 2 is 2.12 bits per heavy atom. The van der Waals surface area contributed by atoms with E-state index in [4.69, 9.17) is 10.8 Å². The highest BCUT2D eigenvalue weighted by atomic mass is 16.3. The number of aliphatic hydroxyl groups excluding tert-OH is 1. The molecule has 0 bridgehead atoms. The second kappa shape index (κ2) is 5.03. The monoisotopic (exact) mass is 231 g/mol. The van der Waals surface area contributed by atoms with E-state index in [0.29, 0.717) is 6.54 Å². The number of rotatable bonds is 4. The van der Waals surface area contributed by atoms with Crippen LogP contribution in [0.4, 0.5) is 11.4 Å². The molecule has 0 radical (unpaired) electrons. The molecule has 0 aliphatic rings. The van der Waals surface area contributed by atoms with Crippen molar-refractivity contribution >= 4 is 11.4 Å². The molecule has 1 aromatic carbocycles. The molecule has 0 spiro atoms. The number of hydrogen-bond acceptors (Lipinski definition) is 3. The van der Waals surface area contributed by atoms with Crippen molar-refractivity contribution in [2.24, 2.45) is 5.73 Å². The van der Waals surface area contributed by atoms with Gasteiger partial charge in [0.05, 0.1) is 12.3 Å². The maximum absolute atomic E-state index is 9.14. The van der Waals surface area contributed by atoms with Gasteiger partial charge in [0.15, 0.2) is 0 Å². The molecule has 0 saturated carbocycles. The number of aromatic nitrogens is 1. The van der Waals surface area contributed by atoms with Crippen molar-refractivity contribution in [3.05, 3.63) is 47.3 Å². The van der Waals surface area contributed by atoms with Crippen molar-refractivity contribution in [3.63, 3.8) is 0 Å². The predicted molar refractivity (Wildman–Crippen MR) is 69.1 cm³/mol. The van der Waals surface area contributed by atoms with Crippen LogP contribution in [0.1, 0.15) is 16.8 Å². The summed E-state index contributed by atoms with van der Waals surface area (Å²) in [6, 6.07) is 7.73. The molecule has 5 N–H and O–H groups in total. The first-order valence-electron chi connectivity index (χ1n) is 5.58. The van der Waals surface area contributed by atoms with E-state index in [2.05, 4.69) is 10.3 Å². The highest BCUT2D eigenvalue weighted by Crippen LogP contribution is 2.24. The summed E-state index contributed by atoms with van der Waals surface area (Å²) < 4.78 is 0. The maximum Gasteiger partial charge on any atom is 0.0682 e. The van der Waals surface area contributed by atoms with Gasteiger partial charge >= 0.3 is 0 Å². The summed E-state index contributed by atoms with van der Waals surface area (Å²) in [4.78, 5) is 3.11. The molecule has 90 valence electrons. The van der Waals surface area contributed by atoms with Gasteiger partial charge in [-0.15, -0.1) is 0 Å². The number of nitrogens with one attached hydrogen (secondary N) is 2. The van der Waals surface area contributed by atoms with E-state index in [1.54, 1.807) is 0 Å². The first kappa shape index (κ1) is 11.7. The van der Waals surface area contributed by atoms with E-state index in [9.17, 15) is 0 Å². The molecule has 1 aromatic heterocycles. The molecular weight excluding hydrogens is 214 g/mol. The van der Waals surface area contributed by atoms with Gasteiger partial charge in [-0.25, -0.2) is 0 Å². The Morgan fingerprint density at radius 3 is 2.71 bits per heavy atom. The number of hydrogen-bond donors (Lipinski definition) is 4. The van der Waals surface area contributed by atoms with Crippen molar-refractivity contribution in [1.82, 2.24) is 4.98 Å². The fourth-order valence-corrected chi connectivity index (χ4v) is 1.75. The number of benzene rings is 1. The molecule has 0 aliphatic heterocycles. The number of aryl methyl sites for hydroxylation is 1. The Morgan fingerprint density at radius 1 is 1.29 bits per heavy atom. The van der Waals surface area contributed by atoms with Crippen molar-refractivity contribution in [1.29, 1.82) is 0 Å². The van der Waals surface area contributed by atoms with E-state index < -0.39 is 0 Å². The molecule has 4 nitrogen and oxygen atoms in total. The third-order valence-electron chi connectivity index (χ3n) is 2.80. The van der Waals surface area contributed by atoms with Crippen molar-refractivity contribution < 1.29 is 5.11 Å².